The Labute approximate surface area is 126 Å². The van der Waals surface area contributed by atoms with Gasteiger partial charge in [-0.05, 0) is 23.8 Å². The van der Waals surface area contributed by atoms with Gasteiger partial charge in [-0.3, -0.25) is 0 Å². The van der Waals surface area contributed by atoms with E-state index in [0.29, 0.717) is 0 Å². The number of rotatable bonds is 4. The third-order valence-corrected chi connectivity index (χ3v) is 5.49. The first-order chi connectivity index (χ1) is 10.3. The first-order valence-electron chi connectivity index (χ1n) is 6.53. The van der Waals surface area contributed by atoms with Crippen LogP contribution in [0.15, 0.2) is 59.5 Å². The van der Waals surface area contributed by atoms with Crippen molar-refractivity contribution in [1.29, 1.82) is 0 Å². The van der Waals surface area contributed by atoms with E-state index in [2.05, 4.69) is 5.73 Å². The monoisotopic (exact) mass is 330 g/mol. The van der Waals surface area contributed by atoms with Gasteiger partial charge in [-0.2, -0.15) is 13.2 Å². The molecule has 0 aromatic heterocycles. The molecule has 2 aromatic rings. The summed E-state index contributed by atoms with van der Waals surface area (Å²) in [4.78, 5) is -0.0133. The van der Waals surface area contributed by atoms with Crippen molar-refractivity contribution in [2.45, 2.75) is 16.3 Å². The molecule has 2 rings (SSSR count). The molecule has 0 unspecified atom stereocenters. The van der Waals surface area contributed by atoms with Gasteiger partial charge in [-0.1, -0.05) is 36.4 Å². The van der Waals surface area contributed by atoms with Crippen LogP contribution in [0.2, 0.25) is 0 Å². The zero-order valence-electron chi connectivity index (χ0n) is 11.5. The van der Waals surface area contributed by atoms with Gasteiger partial charge in [-0.15, -0.1) is 0 Å². The molecule has 0 saturated heterocycles. The first kappa shape index (κ1) is 16.5. The predicted molar refractivity (Wildman–Crippen MR) is 75.6 cm³/mol. The molecule has 0 aliphatic heterocycles. The maximum atomic E-state index is 13.1. The number of hydrogen-bond acceptors (Lipinski definition) is 2. The van der Waals surface area contributed by atoms with Crippen molar-refractivity contribution >= 4 is 9.84 Å². The second-order valence-corrected chi connectivity index (χ2v) is 6.85. The van der Waals surface area contributed by atoms with Gasteiger partial charge in [0.15, 0.2) is 9.84 Å². The van der Waals surface area contributed by atoms with Crippen molar-refractivity contribution in [3.63, 3.8) is 0 Å². The van der Waals surface area contributed by atoms with Crippen LogP contribution in [0, 0.1) is 0 Å². The fourth-order valence-corrected chi connectivity index (χ4v) is 4.00. The fraction of sp³-hybridized carbons (Fsp3) is 0.200. The van der Waals surface area contributed by atoms with Crippen LogP contribution in [0.25, 0.3) is 0 Å². The minimum Gasteiger partial charge on any atom is -0.356 e. The first-order valence-corrected chi connectivity index (χ1v) is 8.07. The van der Waals surface area contributed by atoms with Crippen LogP contribution in [0.5, 0.6) is 0 Å². The largest absolute Gasteiger partial charge is 0.416 e. The van der Waals surface area contributed by atoms with Crippen LogP contribution in [-0.2, 0) is 16.0 Å². The molecule has 3 nitrogen and oxygen atoms in total. The molecular formula is C15H15F3NO2S+. The molecule has 0 aliphatic rings. The van der Waals surface area contributed by atoms with E-state index >= 15 is 0 Å². The Kier molecular flexibility index (Phi) is 4.58. The highest BCUT2D eigenvalue weighted by Gasteiger charge is 2.39. The van der Waals surface area contributed by atoms with E-state index < -0.39 is 26.8 Å². The summed E-state index contributed by atoms with van der Waals surface area (Å²) in [6.45, 7) is -0.190. The Bertz CT molecular complexity index is 743. The fourth-order valence-electron chi connectivity index (χ4n) is 2.29. The Morgan fingerprint density at radius 1 is 0.955 bits per heavy atom. The second kappa shape index (κ2) is 6.10. The normalized spacial score (nSPS) is 13.8. The number of halogens is 3. The summed E-state index contributed by atoms with van der Waals surface area (Å²) in [5.41, 5.74) is 2.32. The molecule has 2 aromatic carbocycles. The average Bonchev–Trinajstić information content (AvgIpc) is 2.48. The van der Waals surface area contributed by atoms with E-state index in [-0.39, 0.29) is 17.0 Å². The third kappa shape index (κ3) is 3.15. The van der Waals surface area contributed by atoms with Crippen LogP contribution in [0.4, 0.5) is 13.2 Å². The molecule has 0 heterocycles. The molecule has 7 heteroatoms. The van der Waals surface area contributed by atoms with Gasteiger partial charge in [0.2, 0.25) is 0 Å². The Balaban J connectivity index is 2.60. The van der Waals surface area contributed by atoms with Gasteiger partial charge in [-0.25, -0.2) is 8.42 Å². The van der Waals surface area contributed by atoms with E-state index in [1.54, 1.807) is 6.07 Å². The van der Waals surface area contributed by atoms with Crippen LogP contribution in [-0.4, -0.2) is 15.0 Å². The lowest BCUT2D eigenvalue weighted by Gasteiger charge is -2.19. The summed E-state index contributed by atoms with van der Waals surface area (Å²) in [6.07, 6.45) is -4.61. The van der Waals surface area contributed by atoms with Crippen molar-refractivity contribution in [3.8, 4) is 0 Å². The topological polar surface area (TPSA) is 61.8 Å². The second-order valence-electron chi connectivity index (χ2n) is 4.72. The quantitative estimate of drug-likeness (QED) is 0.936. The van der Waals surface area contributed by atoms with Crippen LogP contribution in [0.1, 0.15) is 16.4 Å². The zero-order valence-corrected chi connectivity index (χ0v) is 12.4. The summed E-state index contributed by atoms with van der Waals surface area (Å²) < 4.78 is 64.6. The highest BCUT2D eigenvalue weighted by molar-refractivity contribution is 7.91. The maximum Gasteiger partial charge on any atom is 0.416 e. The van der Waals surface area contributed by atoms with Gasteiger partial charge in [0.1, 0.15) is 5.25 Å². The number of sulfone groups is 1. The van der Waals surface area contributed by atoms with E-state index in [4.69, 9.17) is 0 Å². The third-order valence-electron chi connectivity index (χ3n) is 3.32. The lowest BCUT2D eigenvalue weighted by molar-refractivity contribution is -0.367. The lowest BCUT2D eigenvalue weighted by atomic mass is 10.0. The van der Waals surface area contributed by atoms with Crippen molar-refractivity contribution in [3.05, 3.63) is 65.7 Å². The molecule has 0 bridgehead atoms. The average molecular weight is 330 g/mol. The molecule has 3 N–H and O–H groups in total. The minimum atomic E-state index is -4.61. The molecule has 1 atom stereocenters. The van der Waals surface area contributed by atoms with Crippen molar-refractivity contribution in [2.24, 2.45) is 0 Å². The number of quaternary nitrogens is 1. The Hall–Kier alpha value is -1.86. The highest BCUT2D eigenvalue weighted by atomic mass is 32.2. The van der Waals surface area contributed by atoms with Crippen molar-refractivity contribution < 1.29 is 27.3 Å². The summed E-state index contributed by atoms with van der Waals surface area (Å²) in [5.74, 6) is 0. The summed E-state index contributed by atoms with van der Waals surface area (Å²) >= 11 is 0. The maximum absolute atomic E-state index is 13.1. The molecule has 0 saturated carbocycles. The molecule has 0 spiro atoms. The Morgan fingerprint density at radius 2 is 1.50 bits per heavy atom. The minimum absolute atomic E-state index is 0.0133. The molecule has 22 heavy (non-hydrogen) atoms. The van der Waals surface area contributed by atoms with Gasteiger partial charge < -0.3 is 5.73 Å². The number of benzene rings is 2. The summed E-state index contributed by atoms with van der Waals surface area (Å²) in [5, 5.41) is -1.34. The molecule has 0 aliphatic carbocycles. The number of alkyl halides is 3. The standard InChI is InChI=1S/C15H14F3NO2S/c16-15(17,18)13-9-5-4-8-12(13)14(10-19)22(20,21)11-6-2-1-3-7-11/h1-9,14H,10,19H2/p+1/t14-/m1/s1. The summed E-state index contributed by atoms with van der Waals surface area (Å²) in [6, 6.07) is 12.2. The van der Waals surface area contributed by atoms with E-state index in [1.807, 2.05) is 0 Å². The summed E-state index contributed by atoms with van der Waals surface area (Å²) in [7, 11) is -3.95. The van der Waals surface area contributed by atoms with Crippen molar-refractivity contribution in [2.75, 3.05) is 6.54 Å². The van der Waals surface area contributed by atoms with Crippen LogP contribution < -0.4 is 5.73 Å². The van der Waals surface area contributed by atoms with E-state index in [9.17, 15) is 21.6 Å². The van der Waals surface area contributed by atoms with E-state index in [0.717, 1.165) is 6.07 Å². The predicted octanol–water partition coefficient (Wildman–Crippen LogP) is 2.46. The van der Waals surface area contributed by atoms with Gasteiger partial charge in [0, 0.05) is 0 Å². The zero-order chi connectivity index (χ0) is 16.4. The lowest BCUT2D eigenvalue weighted by Crippen LogP contribution is -2.54. The molecule has 0 fully saturated rings. The number of hydrogen-bond donors (Lipinski definition) is 1. The van der Waals surface area contributed by atoms with Crippen molar-refractivity contribution in [1.82, 2.24) is 0 Å². The van der Waals surface area contributed by atoms with Gasteiger partial charge >= 0.3 is 6.18 Å². The van der Waals surface area contributed by atoms with E-state index in [1.165, 1.54) is 42.5 Å². The van der Waals surface area contributed by atoms with Gasteiger partial charge in [0.05, 0.1) is 17.0 Å². The van der Waals surface area contributed by atoms with Crippen LogP contribution in [0.3, 0.4) is 0 Å². The smallest absolute Gasteiger partial charge is 0.356 e. The molecule has 118 valence electrons. The molecule has 0 amide bonds. The molecule has 0 radical (unpaired) electrons. The van der Waals surface area contributed by atoms with Crippen LogP contribution >= 0.6 is 0 Å². The highest BCUT2D eigenvalue weighted by Crippen LogP contribution is 2.38. The molecular weight excluding hydrogens is 315 g/mol. The van der Waals surface area contributed by atoms with Gasteiger partial charge in [0.25, 0.3) is 0 Å². The Morgan fingerprint density at radius 3 is 2.05 bits per heavy atom. The SMILES string of the molecule is [NH3+]C[C@H](c1ccccc1C(F)(F)F)S(=O)(=O)c1ccccc1.